The number of thiazole rings is 1. The summed E-state index contributed by atoms with van der Waals surface area (Å²) in [6.45, 7) is 5.46. The summed E-state index contributed by atoms with van der Waals surface area (Å²) in [5.74, 6) is 0.132. The number of hydrogen-bond acceptors (Lipinski definition) is 4. The van der Waals surface area contributed by atoms with Crippen LogP contribution in [0.4, 0.5) is 0 Å². The number of nitrogens with two attached hydrogens (primary N) is 1. The number of aromatic nitrogens is 1. The third-order valence-corrected chi connectivity index (χ3v) is 4.86. The van der Waals surface area contributed by atoms with Crippen LogP contribution in [-0.2, 0) is 6.42 Å². The minimum Gasteiger partial charge on any atom is -0.334 e. The van der Waals surface area contributed by atoms with Crippen molar-refractivity contribution in [3.63, 3.8) is 0 Å². The molecule has 5 heteroatoms. The van der Waals surface area contributed by atoms with E-state index < -0.39 is 0 Å². The summed E-state index contributed by atoms with van der Waals surface area (Å²) >= 11 is 1.56. The molecule has 1 fully saturated rings. The van der Waals surface area contributed by atoms with Gasteiger partial charge in [0.1, 0.15) is 4.88 Å². The summed E-state index contributed by atoms with van der Waals surface area (Å²) in [6.07, 6.45) is 5.31. The Morgan fingerprint density at radius 1 is 1.53 bits per heavy atom. The van der Waals surface area contributed by atoms with Crippen LogP contribution in [0, 0.1) is 6.92 Å². The van der Waals surface area contributed by atoms with Gasteiger partial charge in [-0.1, -0.05) is 6.92 Å². The van der Waals surface area contributed by atoms with Crippen molar-refractivity contribution in [1.82, 2.24) is 9.88 Å². The summed E-state index contributed by atoms with van der Waals surface area (Å²) in [5, 5.41) is 1.07. The number of aryl methyl sites for hydroxylation is 2. The molecule has 1 aliphatic heterocycles. The zero-order chi connectivity index (χ0) is 13.8. The summed E-state index contributed by atoms with van der Waals surface area (Å²) in [6, 6.07) is 0.206. The first-order valence-electron chi connectivity index (χ1n) is 7.14. The van der Waals surface area contributed by atoms with Gasteiger partial charge in [0.25, 0.3) is 5.91 Å². The molecule has 1 aromatic rings. The number of carbonyl (C=O) groups excluding carboxylic acids is 1. The van der Waals surface area contributed by atoms with Crippen LogP contribution in [0.5, 0.6) is 0 Å². The Morgan fingerprint density at radius 3 is 3.00 bits per heavy atom. The highest BCUT2D eigenvalue weighted by Gasteiger charge is 2.28. The van der Waals surface area contributed by atoms with E-state index in [4.69, 9.17) is 5.73 Å². The lowest BCUT2D eigenvalue weighted by atomic mass is 10.0. The molecule has 0 spiro atoms. The maximum atomic E-state index is 12.6. The van der Waals surface area contributed by atoms with Crippen LogP contribution in [-0.4, -0.2) is 34.9 Å². The van der Waals surface area contributed by atoms with E-state index in [1.807, 2.05) is 11.8 Å². The Morgan fingerprint density at radius 2 is 2.32 bits per heavy atom. The minimum absolute atomic E-state index is 0.132. The number of amides is 1. The number of likely N-dealkylation sites (tertiary alicyclic amines) is 1. The quantitative estimate of drug-likeness (QED) is 0.921. The van der Waals surface area contributed by atoms with Crippen molar-refractivity contribution in [2.75, 3.05) is 13.1 Å². The van der Waals surface area contributed by atoms with Crippen LogP contribution >= 0.6 is 11.3 Å². The third-order valence-electron chi connectivity index (χ3n) is 3.66. The largest absolute Gasteiger partial charge is 0.334 e. The second-order valence-corrected chi connectivity index (χ2v) is 6.24. The van der Waals surface area contributed by atoms with Crippen molar-refractivity contribution in [1.29, 1.82) is 0 Å². The zero-order valence-corrected chi connectivity index (χ0v) is 12.6. The second kappa shape index (κ2) is 6.48. The molecule has 1 amide bonds. The highest BCUT2D eigenvalue weighted by molar-refractivity contribution is 7.13. The molecular weight excluding hydrogens is 258 g/mol. The van der Waals surface area contributed by atoms with Gasteiger partial charge in [-0.15, -0.1) is 11.3 Å². The Bertz CT molecular complexity index is 444. The molecular formula is C14H23N3OS. The van der Waals surface area contributed by atoms with E-state index in [1.54, 1.807) is 11.3 Å². The molecule has 1 saturated heterocycles. The molecule has 0 saturated carbocycles. The van der Waals surface area contributed by atoms with Gasteiger partial charge < -0.3 is 10.6 Å². The molecule has 1 aliphatic rings. The predicted molar refractivity (Wildman–Crippen MR) is 78.6 cm³/mol. The molecule has 1 unspecified atom stereocenters. The van der Waals surface area contributed by atoms with Crippen molar-refractivity contribution < 1.29 is 4.79 Å². The van der Waals surface area contributed by atoms with Gasteiger partial charge in [-0.25, -0.2) is 4.98 Å². The Labute approximate surface area is 119 Å². The molecule has 0 aliphatic carbocycles. The SMILES string of the molecule is CCCc1nc(C)c(C(=O)N2CCCCC2CN)s1. The van der Waals surface area contributed by atoms with Crippen LogP contribution in [0.3, 0.4) is 0 Å². The average Bonchev–Trinajstić information content (AvgIpc) is 2.79. The van der Waals surface area contributed by atoms with E-state index >= 15 is 0 Å². The van der Waals surface area contributed by atoms with E-state index in [1.165, 1.54) is 6.42 Å². The van der Waals surface area contributed by atoms with Crippen LogP contribution in [0.25, 0.3) is 0 Å². The molecule has 0 aromatic carbocycles. The molecule has 106 valence electrons. The van der Waals surface area contributed by atoms with Crippen molar-refractivity contribution in [3.05, 3.63) is 15.6 Å². The van der Waals surface area contributed by atoms with E-state index in [9.17, 15) is 4.79 Å². The van der Waals surface area contributed by atoms with E-state index in [-0.39, 0.29) is 11.9 Å². The lowest BCUT2D eigenvalue weighted by Crippen LogP contribution is -2.47. The third kappa shape index (κ3) is 3.15. The molecule has 0 radical (unpaired) electrons. The summed E-state index contributed by atoms with van der Waals surface area (Å²) in [4.78, 5) is 19.9. The lowest BCUT2D eigenvalue weighted by molar-refractivity contribution is 0.0627. The topological polar surface area (TPSA) is 59.2 Å². The van der Waals surface area contributed by atoms with Gasteiger partial charge in [-0.2, -0.15) is 0 Å². The predicted octanol–water partition coefficient (Wildman–Crippen LogP) is 2.36. The first kappa shape index (κ1) is 14.5. The first-order valence-corrected chi connectivity index (χ1v) is 7.96. The van der Waals surface area contributed by atoms with Crippen LogP contribution < -0.4 is 5.73 Å². The van der Waals surface area contributed by atoms with Gasteiger partial charge in [-0.05, 0) is 39.0 Å². The summed E-state index contributed by atoms with van der Waals surface area (Å²) in [7, 11) is 0. The number of hydrogen-bond donors (Lipinski definition) is 1. The number of rotatable bonds is 4. The van der Waals surface area contributed by atoms with Gasteiger partial charge in [0.05, 0.1) is 10.7 Å². The smallest absolute Gasteiger partial charge is 0.266 e. The standard InChI is InChI=1S/C14H23N3OS/c1-3-6-12-16-10(2)13(19-12)14(18)17-8-5-4-7-11(17)9-15/h11H,3-9,15H2,1-2H3. The number of piperidine rings is 1. The van der Waals surface area contributed by atoms with Crippen molar-refractivity contribution >= 4 is 17.2 Å². The Kier molecular flexibility index (Phi) is 4.93. The van der Waals surface area contributed by atoms with E-state index in [0.717, 1.165) is 47.8 Å². The molecule has 4 nitrogen and oxygen atoms in total. The van der Waals surface area contributed by atoms with Crippen LogP contribution in [0.1, 0.15) is 53.0 Å². The summed E-state index contributed by atoms with van der Waals surface area (Å²) in [5.41, 5.74) is 6.67. The molecule has 2 rings (SSSR count). The molecule has 1 atom stereocenters. The monoisotopic (exact) mass is 281 g/mol. The summed E-state index contributed by atoms with van der Waals surface area (Å²) < 4.78 is 0. The van der Waals surface area contributed by atoms with E-state index in [2.05, 4.69) is 11.9 Å². The zero-order valence-electron chi connectivity index (χ0n) is 11.8. The van der Waals surface area contributed by atoms with Gasteiger partial charge in [0.15, 0.2) is 0 Å². The fourth-order valence-corrected chi connectivity index (χ4v) is 3.74. The van der Waals surface area contributed by atoms with Gasteiger partial charge in [-0.3, -0.25) is 4.79 Å². The molecule has 19 heavy (non-hydrogen) atoms. The Hall–Kier alpha value is -0.940. The van der Waals surface area contributed by atoms with Crippen LogP contribution in [0.2, 0.25) is 0 Å². The highest BCUT2D eigenvalue weighted by Crippen LogP contribution is 2.25. The van der Waals surface area contributed by atoms with Crippen molar-refractivity contribution in [3.8, 4) is 0 Å². The fourth-order valence-electron chi connectivity index (χ4n) is 2.61. The van der Waals surface area contributed by atoms with E-state index in [0.29, 0.717) is 6.54 Å². The highest BCUT2D eigenvalue weighted by atomic mass is 32.1. The maximum Gasteiger partial charge on any atom is 0.266 e. The lowest BCUT2D eigenvalue weighted by Gasteiger charge is -2.34. The molecule has 2 heterocycles. The normalized spacial score (nSPS) is 19.7. The fraction of sp³-hybridized carbons (Fsp3) is 0.714. The van der Waals surface area contributed by atoms with Gasteiger partial charge in [0, 0.05) is 19.1 Å². The average molecular weight is 281 g/mol. The van der Waals surface area contributed by atoms with Crippen molar-refractivity contribution in [2.45, 2.75) is 52.0 Å². The number of nitrogens with zero attached hydrogens (tertiary/aromatic N) is 2. The van der Waals surface area contributed by atoms with Crippen molar-refractivity contribution in [2.24, 2.45) is 5.73 Å². The molecule has 2 N–H and O–H groups in total. The van der Waals surface area contributed by atoms with Gasteiger partial charge >= 0.3 is 0 Å². The first-order chi connectivity index (χ1) is 9.17. The number of carbonyl (C=O) groups is 1. The second-order valence-electron chi connectivity index (χ2n) is 5.16. The molecule has 0 bridgehead atoms. The van der Waals surface area contributed by atoms with Gasteiger partial charge in [0.2, 0.25) is 0 Å². The minimum atomic E-state index is 0.132. The maximum absolute atomic E-state index is 12.6. The molecule has 1 aromatic heterocycles. The Balaban J connectivity index is 2.17. The van der Waals surface area contributed by atoms with Crippen LogP contribution in [0.15, 0.2) is 0 Å².